The van der Waals surface area contributed by atoms with Gasteiger partial charge in [-0.1, -0.05) is 35.9 Å². The molecule has 3 rings (SSSR count). The molecular formula is C17H13ClN2O4. The van der Waals surface area contributed by atoms with Crippen LogP contribution in [0.2, 0.25) is 5.02 Å². The van der Waals surface area contributed by atoms with Crippen molar-refractivity contribution in [1.82, 2.24) is 10.3 Å². The van der Waals surface area contributed by atoms with Gasteiger partial charge in [-0.2, -0.15) is 0 Å². The second kappa shape index (κ2) is 7.14. The molecule has 122 valence electrons. The third-order valence-corrected chi connectivity index (χ3v) is 3.72. The second-order valence-corrected chi connectivity index (χ2v) is 5.36. The maximum Gasteiger partial charge on any atom is 0.340 e. The molecule has 0 aliphatic heterocycles. The molecule has 1 N–H and O–H groups in total. The molecule has 0 aliphatic carbocycles. The van der Waals surface area contributed by atoms with Gasteiger partial charge in [0.1, 0.15) is 5.52 Å². The highest BCUT2D eigenvalue weighted by Gasteiger charge is 2.15. The summed E-state index contributed by atoms with van der Waals surface area (Å²) in [6, 6.07) is 12.1. The minimum absolute atomic E-state index is 0.250. The quantitative estimate of drug-likeness (QED) is 0.720. The second-order valence-electron chi connectivity index (χ2n) is 4.95. The summed E-state index contributed by atoms with van der Waals surface area (Å²) in [6.07, 6.45) is 1.25. The molecule has 0 atom stereocenters. The number of nitrogens with one attached hydrogen (secondary N) is 1. The fourth-order valence-corrected chi connectivity index (χ4v) is 2.35. The number of oxazole rings is 1. The van der Waals surface area contributed by atoms with Crippen LogP contribution in [-0.2, 0) is 16.1 Å². The highest BCUT2D eigenvalue weighted by molar-refractivity contribution is 6.31. The van der Waals surface area contributed by atoms with Gasteiger partial charge in [0.25, 0.3) is 5.91 Å². The molecule has 0 saturated carbocycles. The van der Waals surface area contributed by atoms with E-state index in [0.29, 0.717) is 16.1 Å². The lowest BCUT2D eigenvalue weighted by atomic mass is 10.2. The van der Waals surface area contributed by atoms with Crippen LogP contribution < -0.4 is 5.32 Å². The van der Waals surface area contributed by atoms with Crippen LogP contribution in [0.15, 0.2) is 53.3 Å². The van der Waals surface area contributed by atoms with E-state index in [0.717, 1.165) is 5.56 Å². The highest BCUT2D eigenvalue weighted by Crippen LogP contribution is 2.17. The zero-order valence-corrected chi connectivity index (χ0v) is 13.2. The molecule has 0 radical (unpaired) electrons. The summed E-state index contributed by atoms with van der Waals surface area (Å²) < 4.78 is 10.1. The molecule has 1 amide bonds. The monoisotopic (exact) mass is 344 g/mol. The van der Waals surface area contributed by atoms with Crippen LogP contribution in [0.1, 0.15) is 15.9 Å². The van der Waals surface area contributed by atoms with Crippen molar-refractivity contribution in [2.45, 2.75) is 6.54 Å². The van der Waals surface area contributed by atoms with Crippen LogP contribution in [0, 0.1) is 0 Å². The van der Waals surface area contributed by atoms with Gasteiger partial charge in [0.05, 0.1) is 5.56 Å². The Labute approximate surface area is 142 Å². The van der Waals surface area contributed by atoms with Crippen molar-refractivity contribution >= 4 is 34.6 Å². The van der Waals surface area contributed by atoms with Crippen LogP contribution in [0.3, 0.4) is 0 Å². The van der Waals surface area contributed by atoms with Crippen molar-refractivity contribution in [1.29, 1.82) is 0 Å². The minimum atomic E-state index is -0.637. The lowest BCUT2D eigenvalue weighted by Crippen LogP contribution is -2.28. The molecule has 0 aliphatic rings. The summed E-state index contributed by atoms with van der Waals surface area (Å²) in [4.78, 5) is 27.9. The molecular weight excluding hydrogens is 332 g/mol. The molecule has 0 fully saturated rings. The van der Waals surface area contributed by atoms with Gasteiger partial charge in [-0.05, 0) is 23.8 Å². The number of hydrogen-bond donors (Lipinski definition) is 1. The fraction of sp³-hybridized carbons (Fsp3) is 0.118. The number of fused-ring (bicyclic) bond motifs is 1. The lowest BCUT2D eigenvalue weighted by molar-refractivity contribution is -0.124. The molecule has 2 aromatic carbocycles. The average Bonchev–Trinajstić information content (AvgIpc) is 3.07. The van der Waals surface area contributed by atoms with E-state index in [1.54, 1.807) is 36.4 Å². The Hall–Kier alpha value is -2.86. The Morgan fingerprint density at radius 3 is 2.83 bits per heavy atom. The van der Waals surface area contributed by atoms with Crippen LogP contribution in [0.5, 0.6) is 0 Å². The molecule has 6 nitrogen and oxygen atoms in total. The van der Waals surface area contributed by atoms with Gasteiger partial charge < -0.3 is 14.5 Å². The smallest absolute Gasteiger partial charge is 0.340 e. The van der Waals surface area contributed by atoms with Crippen molar-refractivity contribution in [3.63, 3.8) is 0 Å². The summed E-state index contributed by atoms with van der Waals surface area (Å²) in [5, 5.41) is 3.21. The van der Waals surface area contributed by atoms with Gasteiger partial charge in [-0.3, -0.25) is 4.79 Å². The van der Waals surface area contributed by atoms with Gasteiger partial charge in [0.2, 0.25) is 0 Å². The average molecular weight is 345 g/mol. The van der Waals surface area contributed by atoms with Crippen LogP contribution in [-0.4, -0.2) is 23.5 Å². The Kier molecular flexibility index (Phi) is 4.77. The number of aromatic nitrogens is 1. The van der Waals surface area contributed by atoms with Gasteiger partial charge in [-0.15, -0.1) is 0 Å². The Balaban J connectivity index is 1.55. The fourth-order valence-electron chi connectivity index (χ4n) is 2.15. The van der Waals surface area contributed by atoms with Gasteiger partial charge in [0, 0.05) is 11.6 Å². The Morgan fingerprint density at radius 2 is 2.00 bits per heavy atom. The molecule has 0 bridgehead atoms. The molecule has 0 spiro atoms. The van der Waals surface area contributed by atoms with Crippen molar-refractivity contribution in [2.24, 2.45) is 0 Å². The van der Waals surface area contributed by atoms with Gasteiger partial charge in [0.15, 0.2) is 18.6 Å². The van der Waals surface area contributed by atoms with E-state index in [2.05, 4.69) is 10.3 Å². The molecule has 7 heteroatoms. The standard InChI is InChI=1S/C17H13ClN2O4/c18-13-6-2-1-4-11(13)8-19-15(21)9-23-17(22)12-5-3-7-14-16(12)20-10-24-14/h1-7,10H,8-9H2,(H,19,21). The van der Waals surface area contributed by atoms with Gasteiger partial charge in [-0.25, -0.2) is 9.78 Å². The van der Waals surface area contributed by atoms with E-state index < -0.39 is 18.5 Å². The van der Waals surface area contributed by atoms with Crippen LogP contribution in [0.4, 0.5) is 0 Å². The number of nitrogens with zero attached hydrogens (tertiary/aromatic N) is 1. The van der Waals surface area contributed by atoms with E-state index in [9.17, 15) is 9.59 Å². The molecule has 0 saturated heterocycles. The minimum Gasteiger partial charge on any atom is -0.452 e. The molecule has 24 heavy (non-hydrogen) atoms. The number of carbonyl (C=O) groups excluding carboxylic acids is 2. The summed E-state index contributed by atoms with van der Waals surface area (Å²) in [5.74, 6) is -1.06. The van der Waals surface area contributed by atoms with Crippen LogP contribution >= 0.6 is 11.6 Å². The number of rotatable bonds is 5. The lowest BCUT2D eigenvalue weighted by Gasteiger charge is -2.08. The highest BCUT2D eigenvalue weighted by atomic mass is 35.5. The summed E-state index contributed by atoms with van der Waals surface area (Å²) in [5.41, 5.74) is 1.91. The number of hydrogen-bond acceptors (Lipinski definition) is 5. The number of esters is 1. The first-order valence-corrected chi connectivity index (χ1v) is 7.52. The van der Waals surface area contributed by atoms with Gasteiger partial charge >= 0.3 is 5.97 Å². The third kappa shape index (κ3) is 3.55. The van der Waals surface area contributed by atoms with E-state index >= 15 is 0 Å². The molecule has 0 unspecified atom stereocenters. The predicted octanol–water partition coefficient (Wildman–Crippen LogP) is 2.95. The number of ether oxygens (including phenoxy) is 1. The maximum atomic E-state index is 12.1. The van der Waals surface area contributed by atoms with Crippen molar-refractivity contribution < 1.29 is 18.7 Å². The largest absolute Gasteiger partial charge is 0.452 e. The summed E-state index contributed by atoms with van der Waals surface area (Å²) in [6.45, 7) is -0.132. The first-order valence-electron chi connectivity index (χ1n) is 7.14. The molecule has 3 aromatic rings. The maximum absolute atomic E-state index is 12.1. The normalized spacial score (nSPS) is 10.5. The van der Waals surface area contributed by atoms with E-state index in [-0.39, 0.29) is 12.1 Å². The number of benzene rings is 2. The van der Waals surface area contributed by atoms with E-state index in [1.165, 1.54) is 6.39 Å². The third-order valence-electron chi connectivity index (χ3n) is 3.35. The zero-order valence-electron chi connectivity index (χ0n) is 12.5. The summed E-state index contributed by atoms with van der Waals surface area (Å²) in [7, 11) is 0. The van der Waals surface area contributed by atoms with Crippen molar-refractivity contribution in [3.05, 3.63) is 65.0 Å². The predicted molar refractivity (Wildman–Crippen MR) is 87.6 cm³/mol. The van der Waals surface area contributed by atoms with Crippen molar-refractivity contribution in [3.8, 4) is 0 Å². The Bertz CT molecular complexity index is 891. The molecule has 1 heterocycles. The Morgan fingerprint density at radius 1 is 1.17 bits per heavy atom. The SMILES string of the molecule is O=C(COC(=O)c1cccc2ocnc12)NCc1ccccc1Cl. The topological polar surface area (TPSA) is 81.4 Å². The van der Waals surface area contributed by atoms with Crippen LogP contribution in [0.25, 0.3) is 11.1 Å². The number of amides is 1. The number of carbonyl (C=O) groups is 2. The number of halogens is 1. The van der Waals surface area contributed by atoms with E-state index in [4.69, 9.17) is 20.8 Å². The van der Waals surface area contributed by atoms with Crippen molar-refractivity contribution in [2.75, 3.05) is 6.61 Å². The van der Waals surface area contributed by atoms with E-state index in [1.807, 2.05) is 6.07 Å². The summed E-state index contributed by atoms with van der Waals surface area (Å²) >= 11 is 6.01. The molecule has 1 aromatic heterocycles. The first kappa shape index (κ1) is 16.0. The zero-order chi connectivity index (χ0) is 16.9. The number of para-hydroxylation sites is 1. The first-order chi connectivity index (χ1) is 11.6.